The number of benzene rings is 1. The van der Waals surface area contributed by atoms with Gasteiger partial charge in [0, 0.05) is 60.6 Å². The third-order valence-electron chi connectivity index (χ3n) is 7.92. The minimum atomic E-state index is -0.910. The molecule has 0 spiro atoms. The Hall–Kier alpha value is -4.94. The van der Waals surface area contributed by atoms with Crippen LogP contribution in [-0.2, 0) is 20.8 Å². The van der Waals surface area contributed by atoms with Gasteiger partial charge in [-0.25, -0.2) is 13.8 Å². The maximum absolute atomic E-state index is 16.0. The number of fused-ring (bicyclic) bond motifs is 2. The van der Waals surface area contributed by atoms with Gasteiger partial charge >= 0.3 is 0 Å². The number of rotatable bonds is 11. The molecule has 0 saturated carbocycles. The van der Waals surface area contributed by atoms with Crippen molar-refractivity contribution >= 4 is 38.8 Å². The number of carbonyl (C=O) groups is 2. The molecule has 47 heavy (non-hydrogen) atoms. The number of nitrogens with zero attached hydrogens (tertiary/aromatic N) is 5. The minimum Gasteiger partial charge on any atom is -0.491 e. The first-order valence-corrected chi connectivity index (χ1v) is 15.7. The molecule has 5 rings (SSSR count). The number of ether oxygens (including phenoxy) is 2. The summed E-state index contributed by atoms with van der Waals surface area (Å²) in [6, 6.07) is 10.5. The highest BCUT2D eigenvalue weighted by atomic mass is 32.1. The third kappa shape index (κ3) is 6.51. The predicted octanol–water partition coefficient (Wildman–Crippen LogP) is 6.96. The maximum atomic E-state index is 16.0. The number of hydrogen-bond donors (Lipinski definition) is 0. The van der Waals surface area contributed by atoms with Gasteiger partial charge in [-0.3, -0.25) is 14.3 Å². The summed E-state index contributed by atoms with van der Waals surface area (Å²) in [5.41, 5.74) is 3.57. The molecule has 0 fully saturated rings. The summed E-state index contributed by atoms with van der Waals surface area (Å²) in [7, 11) is 4.88. The Morgan fingerprint density at radius 1 is 1.15 bits per heavy atom. The third-order valence-corrected chi connectivity index (χ3v) is 8.85. The molecule has 0 radical (unpaired) electrons. The largest absolute Gasteiger partial charge is 0.491 e. The van der Waals surface area contributed by atoms with E-state index in [-0.39, 0.29) is 48.7 Å². The van der Waals surface area contributed by atoms with Gasteiger partial charge < -0.3 is 19.3 Å². The molecule has 1 atom stereocenters. The van der Waals surface area contributed by atoms with Crippen LogP contribution in [0.1, 0.15) is 34.6 Å². The summed E-state index contributed by atoms with van der Waals surface area (Å²) in [6.45, 7) is 10.7. The fourth-order valence-electron chi connectivity index (χ4n) is 5.58. The van der Waals surface area contributed by atoms with Crippen LogP contribution in [-0.4, -0.2) is 77.3 Å². The molecule has 4 heterocycles. The molecule has 0 bridgehead atoms. The second kappa shape index (κ2) is 14.2. The van der Waals surface area contributed by atoms with Crippen LogP contribution in [0.25, 0.3) is 38.3 Å². The topological polar surface area (TPSA) is 89.8 Å². The number of halogens is 2. The molecule has 1 aliphatic rings. The van der Waals surface area contributed by atoms with Crippen LogP contribution >= 0.6 is 11.3 Å². The van der Waals surface area contributed by atoms with Crippen molar-refractivity contribution in [1.29, 1.82) is 0 Å². The number of pyridine rings is 1. The summed E-state index contributed by atoms with van der Waals surface area (Å²) >= 11 is 1.36. The standard InChI is InChI=1S/C35H35F2N5O4S/c1-7-29(43)41-15-16-42-28(21(41)2)20-27(39-42)33-31(30(26(37)12-14-36)22(3)46-18-17-45-6)34-25(13-19-47-34)32(38-33)23-8-10-24(11-9-23)35(44)40(4)5/h7-14,19-21H,1,3,15-18H2,2,4-6H3/b14-12+,30-26-/t21-/m1/s1. The minimum absolute atomic E-state index is 0.0326. The Bertz CT molecular complexity index is 1910. The zero-order valence-corrected chi connectivity index (χ0v) is 27.4. The Labute approximate surface area is 275 Å². The fraction of sp³-hybridized carbons (Fsp3) is 0.257. The zero-order valence-electron chi connectivity index (χ0n) is 26.6. The number of allylic oxidation sites excluding steroid dienone is 3. The van der Waals surface area contributed by atoms with Gasteiger partial charge in [0.2, 0.25) is 5.91 Å². The van der Waals surface area contributed by atoms with E-state index in [0.29, 0.717) is 57.5 Å². The maximum Gasteiger partial charge on any atom is 0.253 e. The van der Waals surface area contributed by atoms with Crippen LogP contribution in [0.2, 0.25) is 0 Å². The van der Waals surface area contributed by atoms with Crippen LogP contribution in [0.15, 0.2) is 85.0 Å². The quantitative estimate of drug-likeness (QED) is 0.0749. The lowest BCUT2D eigenvalue weighted by Gasteiger charge is -2.33. The van der Waals surface area contributed by atoms with E-state index < -0.39 is 5.83 Å². The van der Waals surface area contributed by atoms with Gasteiger partial charge in [-0.05, 0) is 42.6 Å². The second-order valence-corrected chi connectivity index (χ2v) is 11.9. The molecule has 3 aromatic heterocycles. The summed E-state index contributed by atoms with van der Waals surface area (Å²) < 4.78 is 42.8. The normalized spacial score (nSPS) is 15.0. The average molecular weight is 660 g/mol. The Morgan fingerprint density at radius 2 is 1.89 bits per heavy atom. The number of aromatic nitrogens is 3. The molecular formula is C35H35F2N5O4S. The van der Waals surface area contributed by atoms with E-state index in [1.165, 1.54) is 29.4 Å². The predicted molar refractivity (Wildman–Crippen MR) is 180 cm³/mol. The van der Waals surface area contributed by atoms with Crippen molar-refractivity contribution in [1.82, 2.24) is 24.6 Å². The van der Waals surface area contributed by atoms with E-state index in [1.807, 2.05) is 41.3 Å². The molecule has 0 saturated heterocycles. The van der Waals surface area contributed by atoms with Crippen molar-refractivity contribution in [3.05, 3.63) is 102 Å². The molecule has 244 valence electrons. The molecule has 0 N–H and O–H groups in total. The first-order valence-electron chi connectivity index (χ1n) is 14.8. The van der Waals surface area contributed by atoms with Gasteiger partial charge in [0.25, 0.3) is 5.91 Å². The van der Waals surface area contributed by atoms with Crippen molar-refractivity contribution in [2.75, 3.05) is 41.0 Å². The lowest BCUT2D eigenvalue weighted by atomic mass is 9.95. The molecule has 2 amide bonds. The molecule has 9 nitrogen and oxygen atoms in total. The van der Waals surface area contributed by atoms with Crippen LogP contribution in [0.5, 0.6) is 0 Å². The molecule has 0 aliphatic carbocycles. The lowest BCUT2D eigenvalue weighted by molar-refractivity contribution is -0.129. The first-order chi connectivity index (χ1) is 22.6. The molecule has 1 aromatic carbocycles. The lowest BCUT2D eigenvalue weighted by Crippen LogP contribution is -2.40. The van der Waals surface area contributed by atoms with Gasteiger partial charge in [-0.2, -0.15) is 5.10 Å². The summed E-state index contributed by atoms with van der Waals surface area (Å²) in [5.74, 6) is -1.28. The average Bonchev–Trinajstić information content (AvgIpc) is 3.73. The van der Waals surface area contributed by atoms with Crippen LogP contribution in [0, 0.1) is 0 Å². The van der Waals surface area contributed by atoms with Crippen LogP contribution < -0.4 is 0 Å². The monoisotopic (exact) mass is 659 g/mol. The van der Waals surface area contributed by atoms with Gasteiger partial charge in [-0.15, -0.1) is 11.3 Å². The van der Waals surface area contributed by atoms with Gasteiger partial charge in [0.1, 0.15) is 29.6 Å². The van der Waals surface area contributed by atoms with Crippen molar-refractivity contribution in [3.8, 4) is 22.6 Å². The Balaban J connectivity index is 1.78. The van der Waals surface area contributed by atoms with E-state index in [2.05, 4.69) is 13.2 Å². The molecule has 0 unspecified atom stereocenters. The van der Waals surface area contributed by atoms with E-state index in [0.717, 1.165) is 11.3 Å². The molecule has 1 aliphatic heterocycles. The van der Waals surface area contributed by atoms with Gasteiger partial charge in [0.05, 0.1) is 42.5 Å². The SMILES string of the molecule is C=CC(=O)N1CCn2nc(-c3nc(-c4ccc(C(=O)N(C)C)cc4)c4ccsc4c3/C(C(=C)OCCOC)=C(F)/C=C/F)cc2[C@H]1C. The summed E-state index contributed by atoms with van der Waals surface area (Å²) in [6.07, 6.45) is 2.10. The number of thiophene rings is 1. The number of carbonyl (C=O) groups excluding carboxylic acids is 2. The van der Waals surface area contributed by atoms with E-state index >= 15 is 4.39 Å². The Morgan fingerprint density at radius 3 is 2.55 bits per heavy atom. The van der Waals surface area contributed by atoms with E-state index in [9.17, 15) is 14.0 Å². The van der Waals surface area contributed by atoms with Crippen molar-refractivity contribution in [2.24, 2.45) is 0 Å². The molecule has 4 aromatic rings. The highest BCUT2D eigenvalue weighted by molar-refractivity contribution is 7.17. The number of hydrogen-bond acceptors (Lipinski definition) is 7. The van der Waals surface area contributed by atoms with E-state index in [1.54, 1.807) is 31.1 Å². The smallest absolute Gasteiger partial charge is 0.253 e. The summed E-state index contributed by atoms with van der Waals surface area (Å²) in [5, 5.41) is 7.44. The number of amides is 2. The van der Waals surface area contributed by atoms with Crippen molar-refractivity contribution < 1.29 is 27.8 Å². The van der Waals surface area contributed by atoms with Gasteiger partial charge in [0.15, 0.2) is 0 Å². The summed E-state index contributed by atoms with van der Waals surface area (Å²) in [4.78, 5) is 33.5. The van der Waals surface area contributed by atoms with Crippen molar-refractivity contribution in [3.63, 3.8) is 0 Å². The number of methoxy groups -OCH3 is 1. The molecular weight excluding hydrogens is 624 g/mol. The zero-order chi connectivity index (χ0) is 33.8. The highest BCUT2D eigenvalue weighted by Crippen LogP contribution is 2.44. The molecule has 12 heteroatoms. The van der Waals surface area contributed by atoms with Gasteiger partial charge in [-0.1, -0.05) is 25.3 Å². The Kier molecular flexibility index (Phi) is 10.1. The highest BCUT2D eigenvalue weighted by Gasteiger charge is 2.31. The fourth-order valence-corrected chi connectivity index (χ4v) is 6.53. The first kappa shape index (κ1) is 33.4. The van der Waals surface area contributed by atoms with Crippen molar-refractivity contribution in [2.45, 2.75) is 19.5 Å². The van der Waals surface area contributed by atoms with E-state index in [4.69, 9.17) is 19.6 Å². The van der Waals surface area contributed by atoms with Crippen LogP contribution in [0.4, 0.5) is 8.78 Å². The second-order valence-electron chi connectivity index (χ2n) is 11.0. The van der Waals surface area contributed by atoms with Crippen LogP contribution in [0.3, 0.4) is 0 Å².